The Hall–Kier alpha value is -4.01. The zero-order chi connectivity index (χ0) is 29.8. The molecule has 9 heteroatoms. The molecular weight excluding hydrogens is 533 g/mol. The summed E-state index contributed by atoms with van der Waals surface area (Å²) in [7, 11) is 1.16. The van der Waals surface area contributed by atoms with E-state index in [2.05, 4.69) is 30.4 Å². The van der Waals surface area contributed by atoms with Crippen LogP contribution < -0.4 is 14.5 Å². The minimum Gasteiger partial charge on any atom is -0.462 e. The van der Waals surface area contributed by atoms with E-state index in [9.17, 15) is 22.8 Å². The lowest BCUT2D eigenvalue weighted by Gasteiger charge is -2.32. The molecule has 4 rings (SSSR count). The molecule has 0 radical (unpaired) electrons. The molecule has 0 saturated carbocycles. The molecule has 0 N–H and O–H groups in total. The molecule has 1 amide bonds. The first-order valence-electron chi connectivity index (χ1n) is 13.6. The predicted molar refractivity (Wildman–Crippen MR) is 153 cm³/mol. The van der Waals surface area contributed by atoms with E-state index >= 15 is 0 Å². The summed E-state index contributed by atoms with van der Waals surface area (Å²) in [6.07, 6.45) is -1.61. The molecule has 0 aromatic heterocycles. The summed E-state index contributed by atoms with van der Waals surface area (Å²) in [5.41, 5.74) is 4.67. The second-order valence-corrected chi connectivity index (χ2v) is 11.2. The fourth-order valence-corrected chi connectivity index (χ4v) is 4.94. The van der Waals surface area contributed by atoms with Crippen molar-refractivity contribution in [3.05, 3.63) is 77.9 Å². The van der Waals surface area contributed by atoms with Gasteiger partial charge in [0, 0.05) is 30.0 Å². The lowest BCUT2D eigenvalue weighted by atomic mass is 9.87. The Bertz CT molecular complexity index is 1360. The summed E-state index contributed by atoms with van der Waals surface area (Å²) >= 11 is 0. The molecule has 3 aromatic rings. The Balaban J connectivity index is 1.76. The van der Waals surface area contributed by atoms with Crippen molar-refractivity contribution in [1.82, 2.24) is 0 Å². The van der Waals surface area contributed by atoms with Gasteiger partial charge in [-0.3, -0.25) is 9.69 Å². The third-order valence-electron chi connectivity index (χ3n) is 7.15. The molecule has 0 aliphatic carbocycles. The molecule has 1 saturated heterocycles. The molecule has 0 unspecified atom stereocenters. The number of carbonyl (C=O) groups is 2. The third-order valence-corrected chi connectivity index (χ3v) is 7.15. The van der Waals surface area contributed by atoms with Crippen LogP contribution in [0.3, 0.4) is 0 Å². The van der Waals surface area contributed by atoms with Crippen LogP contribution in [0, 0.1) is 0 Å². The monoisotopic (exact) mass is 568 g/mol. The number of alkyl halides is 3. The zero-order valence-electron chi connectivity index (χ0n) is 23.8. The van der Waals surface area contributed by atoms with Crippen molar-refractivity contribution in [2.45, 2.75) is 58.4 Å². The number of amides is 1. The maximum atomic E-state index is 13.2. The number of benzene rings is 3. The van der Waals surface area contributed by atoms with Crippen LogP contribution in [-0.2, 0) is 26.3 Å². The second-order valence-electron chi connectivity index (χ2n) is 11.2. The van der Waals surface area contributed by atoms with E-state index in [1.165, 1.54) is 17.0 Å². The summed E-state index contributed by atoms with van der Waals surface area (Å²) in [6, 6.07) is 19.0. The van der Waals surface area contributed by atoms with Crippen LogP contribution in [0.2, 0.25) is 0 Å². The van der Waals surface area contributed by atoms with E-state index in [4.69, 9.17) is 4.74 Å². The number of halogens is 3. The number of hydrogen-bond donors (Lipinski definition) is 0. The SMILES string of the molecule is COC(=O)C(=O)N(Cc1ccc(C(C)(C)C)cc1)c1ccc(N2CCCCC2)c(-c2ccc(OC(F)(F)F)cc2)c1. The summed E-state index contributed by atoms with van der Waals surface area (Å²) in [5.74, 6) is -2.14. The van der Waals surface area contributed by atoms with Crippen molar-refractivity contribution < 1.29 is 32.2 Å². The van der Waals surface area contributed by atoms with Gasteiger partial charge < -0.3 is 14.4 Å². The van der Waals surface area contributed by atoms with E-state index in [-0.39, 0.29) is 17.7 Å². The molecule has 0 bridgehead atoms. The van der Waals surface area contributed by atoms with E-state index < -0.39 is 18.2 Å². The van der Waals surface area contributed by atoms with Crippen molar-refractivity contribution in [2.75, 3.05) is 30.0 Å². The number of ether oxygens (including phenoxy) is 2. The van der Waals surface area contributed by atoms with Gasteiger partial charge in [0.2, 0.25) is 0 Å². The number of methoxy groups -OCH3 is 1. The topological polar surface area (TPSA) is 59.1 Å². The maximum Gasteiger partial charge on any atom is 0.573 e. The molecule has 1 fully saturated rings. The highest BCUT2D eigenvalue weighted by atomic mass is 19.4. The molecule has 0 spiro atoms. The lowest BCUT2D eigenvalue weighted by molar-refractivity contribution is -0.274. The Morgan fingerprint density at radius 2 is 1.51 bits per heavy atom. The Labute approximate surface area is 238 Å². The van der Waals surface area contributed by atoms with Gasteiger partial charge in [-0.1, -0.05) is 57.2 Å². The Kier molecular flexibility index (Phi) is 8.95. The van der Waals surface area contributed by atoms with Crippen LogP contribution in [0.15, 0.2) is 66.7 Å². The molecule has 6 nitrogen and oxygen atoms in total. The third kappa shape index (κ3) is 7.60. The van der Waals surface area contributed by atoms with Gasteiger partial charge in [-0.2, -0.15) is 0 Å². The van der Waals surface area contributed by atoms with E-state index in [0.717, 1.165) is 61.8 Å². The number of rotatable bonds is 6. The molecule has 1 aliphatic heterocycles. The highest BCUT2D eigenvalue weighted by Gasteiger charge is 2.31. The summed E-state index contributed by atoms with van der Waals surface area (Å²) in [5, 5.41) is 0. The van der Waals surface area contributed by atoms with E-state index in [1.54, 1.807) is 24.3 Å². The quantitative estimate of drug-likeness (QED) is 0.232. The standard InChI is InChI=1S/C32H35F3N2O4/c1-31(2,3)24-12-8-22(9-13-24)21-37(29(38)30(39)40-4)25-14-17-28(36-18-6-5-7-19-36)27(20-25)23-10-15-26(16-11-23)41-32(33,34)35/h8-17,20H,5-7,18-19,21H2,1-4H3. The van der Waals surface area contributed by atoms with Gasteiger partial charge in [-0.15, -0.1) is 13.2 Å². The summed E-state index contributed by atoms with van der Waals surface area (Å²) < 4.78 is 47.0. The van der Waals surface area contributed by atoms with Crippen LogP contribution in [0.4, 0.5) is 24.5 Å². The average molecular weight is 569 g/mol. The summed E-state index contributed by atoms with van der Waals surface area (Å²) in [4.78, 5) is 29.2. The molecular formula is C32H35F3N2O4. The van der Waals surface area contributed by atoms with Crippen LogP contribution in [-0.4, -0.2) is 38.4 Å². The Morgan fingerprint density at radius 1 is 0.878 bits per heavy atom. The number of esters is 1. The van der Waals surface area contributed by atoms with Crippen molar-refractivity contribution in [3.63, 3.8) is 0 Å². The van der Waals surface area contributed by atoms with Crippen LogP contribution in [0.25, 0.3) is 11.1 Å². The first-order chi connectivity index (χ1) is 19.4. The zero-order valence-corrected chi connectivity index (χ0v) is 23.8. The van der Waals surface area contributed by atoms with E-state index in [1.807, 2.05) is 30.3 Å². The largest absolute Gasteiger partial charge is 0.573 e. The fourth-order valence-electron chi connectivity index (χ4n) is 4.94. The summed E-state index contributed by atoms with van der Waals surface area (Å²) in [6.45, 7) is 8.14. The molecule has 1 heterocycles. The number of anilines is 2. The number of carbonyl (C=O) groups excluding carboxylic acids is 2. The van der Waals surface area contributed by atoms with Gasteiger partial charge >= 0.3 is 18.2 Å². The highest BCUT2D eigenvalue weighted by Crippen LogP contribution is 2.37. The van der Waals surface area contributed by atoms with Gasteiger partial charge in [0.1, 0.15) is 5.75 Å². The van der Waals surface area contributed by atoms with Crippen molar-refractivity contribution in [1.29, 1.82) is 0 Å². The smallest absolute Gasteiger partial charge is 0.462 e. The van der Waals surface area contributed by atoms with Gasteiger partial charge in [0.05, 0.1) is 13.7 Å². The van der Waals surface area contributed by atoms with Crippen molar-refractivity contribution in [2.24, 2.45) is 0 Å². The van der Waals surface area contributed by atoms with Gasteiger partial charge in [-0.25, -0.2) is 4.79 Å². The fraction of sp³-hybridized carbons (Fsp3) is 0.375. The van der Waals surface area contributed by atoms with Crippen molar-refractivity contribution in [3.8, 4) is 16.9 Å². The lowest BCUT2D eigenvalue weighted by Crippen LogP contribution is -2.37. The molecule has 218 valence electrons. The normalized spacial score (nSPS) is 14.0. The molecule has 1 aliphatic rings. The number of nitrogens with zero attached hydrogens (tertiary/aromatic N) is 2. The minimum atomic E-state index is -4.79. The number of hydrogen-bond acceptors (Lipinski definition) is 5. The maximum absolute atomic E-state index is 13.2. The van der Waals surface area contributed by atoms with Crippen molar-refractivity contribution >= 4 is 23.3 Å². The second kappa shape index (κ2) is 12.2. The highest BCUT2D eigenvalue weighted by molar-refractivity contribution is 6.38. The molecule has 41 heavy (non-hydrogen) atoms. The first-order valence-corrected chi connectivity index (χ1v) is 13.6. The minimum absolute atomic E-state index is 0.0417. The van der Waals surface area contributed by atoms with Crippen LogP contribution in [0.1, 0.15) is 51.2 Å². The average Bonchev–Trinajstić information content (AvgIpc) is 2.94. The first kappa shape index (κ1) is 30.0. The predicted octanol–water partition coefficient (Wildman–Crippen LogP) is 7.25. The van der Waals surface area contributed by atoms with Gasteiger partial charge in [0.25, 0.3) is 0 Å². The van der Waals surface area contributed by atoms with Gasteiger partial charge in [0.15, 0.2) is 0 Å². The van der Waals surface area contributed by atoms with Crippen LogP contribution in [0.5, 0.6) is 5.75 Å². The molecule has 3 aromatic carbocycles. The Morgan fingerprint density at radius 3 is 2.07 bits per heavy atom. The van der Waals surface area contributed by atoms with Gasteiger partial charge in [-0.05, 0) is 71.7 Å². The van der Waals surface area contributed by atoms with E-state index in [0.29, 0.717) is 11.3 Å². The molecule has 0 atom stereocenters. The number of piperidine rings is 1. The van der Waals surface area contributed by atoms with Crippen LogP contribution >= 0.6 is 0 Å².